The average Bonchev–Trinajstić information content (AvgIpc) is 2.71. The second-order valence-electron chi connectivity index (χ2n) is 10.2. The number of fused-ring (bicyclic) bond motifs is 2. The molecule has 1 aromatic heterocycles. The smallest absolute Gasteiger partial charge is 0.345 e. The minimum Gasteiger partial charge on any atom is -0.507 e. The molecular weight excluding hydrogens is 400 g/mol. The van der Waals surface area contributed by atoms with Gasteiger partial charge in [0.1, 0.15) is 16.9 Å². The Morgan fingerprint density at radius 3 is 2.50 bits per heavy atom. The summed E-state index contributed by atoms with van der Waals surface area (Å²) in [6.45, 7) is 10.8. The summed E-state index contributed by atoms with van der Waals surface area (Å²) < 4.78 is 5.59. The molecule has 1 atom stereocenters. The van der Waals surface area contributed by atoms with Gasteiger partial charge in [-0.05, 0) is 55.0 Å². The molecule has 5 nitrogen and oxygen atoms in total. The van der Waals surface area contributed by atoms with Crippen LogP contribution in [0.5, 0.6) is 5.75 Å². The van der Waals surface area contributed by atoms with Crippen LogP contribution in [0.2, 0.25) is 0 Å². The molecule has 1 N–H and O–H groups in total. The van der Waals surface area contributed by atoms with E-state index in [9.17, 15) is 9.90 Å². The first kappa shape index (κ1) is 21.9. The molecule has 0 radical (unpaired) electrons. The Bertz CT molecular complexity index is 1260. The molecule has 0 saturated carbocycles. The van der Waals surface area contributed by atoms with Gasteiger partial charge in [0.05, 0.1) is 23.3 Å². The zero-order chi connectivity index (χ0) is 23.1. The lowest BCUT2D eigenvalue weighted by Gasteiger charge is -2.34. The third-order valence-electron chi connectivity index (χ3n) is 5.61. The number of rotatable bonds is 4. The van der Waals surface area contributed by atoms with Gasteiger partial charge < -0.3 is 14.4 Å². The van der Waals surface area contributed by atoms with Crippen molar-refractivity contribution in [3.05, 3.63) is 81.8 Å². The van der Waals surface area contributed by atoms with E-state index >= 15 is 0 Å². The fraction of sp³-hybridized carbons (Fsp3) is 0.333. The molecule has 166 valence electrons. The Balaban J connectivity index is 1.85. The highest BCUT2D eigenvalue weighted by molar-refractivity contribution is 5.85. The number of hydrogen-bond donors (Lipinski definition) is 1. The predicted molar refractivity (Wildman–Crippen MR) is 130 cm³/mol. The molecule has 5 heteroatoms. The summed E-state index contributed by atoms with van der Waals surface area (Å²) in [6, 6.07) is 14.3. The van der Waals surface area contributed by atoms with Crippen LogP contribution in [0.3, 0.4) is 0 Å². The van der Waals surface area contributed by atoms with Crippen molar-refractivity contribution in [3.63, 3.8) is 0 Å². The van der Waals surface area contributed by atoms with E-state index in [1.807, 2.05) is 47.5 Å². The van der Waals surface area contributed by atoms with Crippen LogP contribution in [0, 0.1) is 5.41 Å². The van der Waals surface area contributed by atoms with E-state index in [1.54, 1.807) is 24.5 Å². The van der Waals surface area contributed by atoms with E-state index in [0.29, 0.717) is 11.0 Å². The van der Waals surface area contributed by atoms with Gasteiger partial charge in [-0.3, -0.25) is 4.99 Å². The summed E-state index contributed by atoms with van der Waals surface area (Å²) in [5.41, 5.74) is 1.76. The van der Waals surface area contributed by atoms with E-state index in [0.717, 1.165) is 17.5 Å². The molecule has 0 amide bonds. The molecule has 4 rings (SSSR count). The van der Waals surface area contributed by atoms with Gasteiger partial charge in [-0.15, -0.1) is 0 Å². The first-order valence-electron chi connectivity index (χ1n) is 10.9. The summed E-state index contributed by atoms with van der Waals surface area (Å²) in [4.78, 5) is 19.8. The molecule has 0 spiro atoms. The maximum atomic E-state index is 13.1. The van der Waals surface area contributed by atoms with Gasteiger partial charge in [-0.2, -0.15) is 0 Å². The predicted octanol–water partition coefficient (Wildman–Crippen LogP) is 6.12. The van der Waals surface area contributed by atoms with Crippen molar-refractivity contribution in [2.75, 3.05) is 0 Å². The topological polar surface area (TPSA) is 66.0 Å². The lowest BCUT2D eigenvalue weighted by Crippen LogP contribution is -2.32. The SMILES string of the molecule is CC(C)(C)CC(C)(C)N=CN1C=Cc2ccccc2C1c1c(O)c2ccccc2oc1=O. The quantitative estimate of drug-likeness (QED) is 0.308. The Labute approximate surface area is 188 Å². The highest BCUT2D eigenvalue weighted by Crippen LogP contribution is 2.40. The largest absolute Gasteiger partial charge is 0.507 e. The highest BCUT2D eigenvalue weighted by Gasteiger charge is 2.32. The minimum absolute atomic E-state index is 0.0562. The molecule has 2 aromatic carbocycles. The Hall–Kier alpha value is -3.34. The molecule has 0 bridgehead atoms. The second kappa shape index (κ2) is 7.97. The van der Waals surface area contributed by atoms with Crippen LogP contribution in [-0.4, -0.2) is 21.9 Å². The van der Waals surface area contributed by atoms with E-state index in [-0.39, 0.29) is 22.3 Å². The van der Waals surface area contributed by atoms with Crippen LogP contribution in [-0.2, 0) is 0 Å². The average molecular weight is 431 g/mol. The van der Waals surface area contributed by atoms with Crippen LogP contribution in [0.4, 0.5) is 0 Å². The van der Waals surface area contributed by atoms with Crippen molar-refractivity contribution in [1.29, 1.82) is 0 Å². The lowest BCUT2D eigenvalue weighted by atomic mass is 9.82. The van der Waals surface area contributed by atoms with Crippen molar-refractivity contribution in [2.24, 2.45) is 10.4 Å². The van der Waals surface area contributed by atoms with Crippen LogP contribution in [0.1, 0.15) is 63.8 Å². The van der Waals surface area contributed by atoms with Crippen molar-refractivity contribution in [2.45, 2.75) is 52.6 Å². The Morgan fingerprint density at radius 1 is 1.06 bits per heavy atom. The molecule has 1 unspecified atom stereocenters. The first-order valence-corrected chi connectivity index (χ1v) is 10.9. The zero-order valence-electron chi connectivity index (χ0n) is 19.3. The summed E-state index contributed by atoms with van der Waals surface area (Å²) in [6.07, 6.45) is 6.57. The van der Waals surface area contributed by atoms with Crippen LogP contribution >= 0.6 is 0 Å². The molecule has 0 aliphatic carbocycles. The Kier molecular flexibility index (Phi) is 5.45. The molecule has 0 saturated heterocycles. The molecule has 2 heterocycles. The van der Waals surface area contributed by atoms with Crippen molar-refractivity contribution in [1.82, 2.24) is 4.90 Å². The van der Waals surface area contributed by atoms with Gasteiger partial charge in [-0.1, -0.05) is 57.2 Å². The molecule has 3 aromatic rings. The normalized spacial score (nSPS) is 16.7. The molecular formula is C27H30N2O3. The Morgan fingerprint density at radius 2 is 1.75 bits per heavy atom. The van der Waals surface area contributed by atoms with Crippen LogP contribution in [0.15, 0.2) is 68.9 Å². The van der Waals surface area contributed by atoms with Gasteiger partial charge in [0.2, 0.25) is 0 Å². The maximum absolute atomic E-state index is 13.1. The number of aromatic hydroxyl groups is 1. The van der Waals surface area contributed by atoms with Crippen molar-refractivity contribution < 1.29 is 9.52 Å². The number of para-hydroxylation sites is 1. The fourth-order valence-electron chi connectivity index (χ4n) is 4.69. The van der Waals surface area contributed by atoms with E-state index in [2.05, 4.69) is 34.6 Å². The third kappa shape index (κ3) is 4.33. The van der Waals surface area contributed by atoms with Crippen molar-refractivity contribution in [3.8, 4) is 5.75 Å². The van der Waals surface area contributed by atoms with E-state index < -0.39 is 11.7 Å². The molecule has 1 aliphatic rings. The molecule has 32 heavy (non-hydrogen) atoms. The van der Waals surface area contributed by atoms with Gasteiger partial charge in [0.25, 0.3) is 0 Å². The highest BCUT2D eigenvalue weighted by atomic mass is 16.4. The van der Waals surface area contributed by atoms with Gasteiger partial charge in [-0.25, -0.2) is 4.79 Å². The number of aliphatic imine (C=N–C) groups is 1. The van der Waals surface area contributed by atoms with E-state index in [4.69, 9.17) is 9.41 Å². The molecule has 1 aliphatic heterocycles. The summed E-state index contributed by atoms with van der Waals surface area (Å²) in [7, 11) is 0. The second-order valence-corrected chi connectivity index (χ2v) is 10.2. The summed E-state index contributed by atoms with van der Waals surface area (Å²) in [5.74, 6) is -0.0562. The zero-order valence-corrected chi connectivity index (χ0v) is 19.3. The van der Waals surface area contributed by atoms with Gasteiger partial charge in [0.15, 0.2) is 0 Å². The lowest BCUT2D eigenvalue weighted by molar-refractivity contribution is 0.286. The number of nitrogens with zero attached hydrogens (tertiary/aromatic N) is 2. The third-order valence-corrected chi connectivity index (χ3v) is 5.61. The fourth-order valence-corrected chi connectivity index (χ4v) is 4.69. The van der Waals surface area contributed by atoms with Crippen LogP contribution in [0.25, 0.3) is 17.0 Å². The monoisotopic (exact) mass is 430 g/mol. The van der Waals surface area contributed by atoms with Gasteiger partial charge >= 0.3 is 5.63 Å². The van der Waals surface area contributed by atoms with Gasteiger partial charge in [0, 0.05) is 6.20 Å². The summed E-state index contributed by atoms with van der Waals surface area (Å²) >= 11 is 0. The van der Waals surface area contributed by atoms with Crippen LogP contribution < -0.4 is 5.63 Å². The molecule has 0 fully saturated rings. The number of benzene rings is 2. The minimum atomic E-state index is -0.552. The standard InChI is InChI=1S/C27H30N2O3/c1-26(2,3)16-27(4,5)28-17-29-15-14-18-10-6-7-11-19(18)23(29)22-24(30)20-12-8-9-13-21(20)32-25(22)31/h6-15,17,23,30H,16H2,1-5H3. The first-order chi connectivity index (χ1) is 15.1. The van der Waals surface area contributed by atoms with E-state index in [1.165, 1.54) is 0 Å². The maximum Gasteiger partial charge on any atom is 0.345 e. The summed E-state index contributed by atoms with van der Waals surface area (Å²) in [5, 5.41) is 11.7. The van der Waals surface area contributed by atoms with Crippen molar-refractivity contribution >= 4 is 23.4 Å². The number of hydrogen-bond acceptors (Lipinski definition) is 4.